The van der Waals surface area contributed by atoms with Crippen molar-refractivity contribution in [2.75, 3.05) is 13.1 Å². The number of benzene rings is 2. The minimum Gasteiger partial charge on any atom is -0.343 e. The highest BCUT2D eigenvalue weighted by Crippen LogP contribution is 2.40. The Balaban J connectivity index is 1.69. The van der Waals surface area contributed by atoms with Gasteiger partial charge in [-0.15, -0.1) is 10.2 Å². The summed E-state index contributed by atoms with van der Waals surface area (Å²) in [6, 6.07) is 22.1. The summed E-state index contributed by atoms with van der Waals surface area (Å²) in [5.41, 5.74) is 9.55. The molecule has 0 bridgehead atoms. The molecule has 4 rings (SSSR count). The zero-order chi connectivity index (χ0) is 28.9. The fourth-order valence-corrected chi connectivity index (χ4v) is 5.76. The van der Waals surface area contributed by atoms with E-state index < -0.39 is 0 Å². The van der Waals surface area contributed by atoms with Crippen LogP contribution in [0.2, 0.25) is 0 Å². The number of nitrogens with one attached hydrogen (secondary N) is 1. The maximum Gasteiger partial charge on any atom is 0.252 e. The second-order valence-corrected chi connectivity index (χ2v) is 11.7. The largest absolute Gasteiger partial charge is 0.343 e. The molecule has 0 radical (unpaired) electrons. The second kappa shape index (κ2) is 12.5. The van der Waals surface area contributed by atoms with Gasteiger partial charge < -0.3 is 11.1 Å². The van der Waals surface area contributed by atoms with Crippen LogP contribution in [-0.4, -0.2) is 33.0 Å². The van der Waals surface area contributed by atoms with Crippen LogP contribution in [-0.2, 0) is 6.54 Å². The number of hydrogen-bond acceptors (Lipinski definition) is 9. The van der Waals surface area contributed by atoms with Crippen LogP contribution in [0.4, 0.5) is 5.95 Å². The number of nitrogens with two attached hydrogens (primary N) is 1. The van der Waals surface area contributed by atoms with Crippen molar-refractivity contribution in [3.8, 4) is 12.1 Å². The summed E-state index contributed by atoms with van der Waals surface area (Å²) >= 11 is 1.69. The van der Waals surface area contributed by atoms with E-state index >= 15 is 0 Å². The summed E-state index contributed by atoms with van der Waals surface area (Å²) in [7, 11) is 0. The lowest BCUT2D eigenvalue weighted by Crippen LogP contribution is -2.39. The highest BCUT2D eigenvalue weighted by molar-refractivity contribution is 8.09. The van der Waals surface area contributed by atoms with Crippen LogP contribution in [0.25, 0.3) is 4.91 Å². The van der Waals surface area contributed by atoms with Crippen LogP contribution in [0, 0.1) is 28.1 Å². The van der Waals surface area contributed by atoms with E-state index in [1.54, 1.807) is 16.3 Å². The smallest absolute Gasteiger partial charge is 0.252 e. The quantitative estimate of drug-likeness (QED) is 0.306. The van der Waals surface area contributed by atoms with Crippen molar-refractivity contribution in [3.05, 3.63) is 88.5 Å². The molecule has 0 saturated carbocycles. The predicted molar refractivity (Wildman–Crippen MR) is 159 cm³/mol. The molecule has 10 heteroatoms. The molecule has 40 heavy (non-hydrogen) atoms. The molecule has 2 atom stereocenters. The van der Waals surface area contributed by atoms with Crippen LogP contribution in [0.3, 0.4) is 0 Å². The van der Waals surface area contributed by atoms with E-state index in [4.69, 9.17) is 5.73 Å². The number of thioether (sulfide) groups is 1. The van der Waals surface area contributed by atoms with Gasteiger partial charge in [-0.25, -0.2) is 0 Å². The van der Waals surface area contributed by atoms with Crippen LogP contribution >= 0.6 is 11.8 Å². The zero-order valence-electron chi connectivity index (χ0n) is 23.6. The Kier molecular flexibility index (Phi) is 9.06. The van der Waals surface area contributed by atoms with E-state index in [-0.39, 0.29) is 34.3 Å². The third kappa shape index (κ3) is 6.26. The fourth-order valence-electron chi connectivity index (χ4n) is 4.44. The van der Waals surface area contributed by atoms with Crippen LogP contribution in [0.1, 0.15) is 68.7 Å². The van der Waals surface area contributed by atoms with Crippen LogP contribution < -0.4 is 11.1 Å². The molecule has 2 heterocycles. The topological polar surface area (TPSA) is 131 Å². The lowest BCUT2D eigenvalue weighted by Gasteiger charge is -2.27. The zero-order valence-corrected chi connectivity index (χ0v) is 24.4. The number of aromatic nitrogens is 2. The Morgan fingerprint density at radius 2 is 1.73 bits per heavy atom. The first-order valence-electron chi connectivity index (χ1n) is 13.3. The number of rotatable bonds is 9. The molecular weight excluding hydrogens is 518 g/mol. The van der Waals surface area contributed by atoms with Crippen molar-refractivity contribution in [2.45, 2.75) is 52.7 Å². The Bertz CT molecular complexity index is 1460. The average molecular weight is 554 g/mol. The molecule has 206 valence electrons. The maximum absolute atomic E-state index is 9.87. The molecule has 0 amide bonds. The van der Waals surface area contributed by atoms with Gasteiger partial charge in [-0.05, 0) is 35.2 Å². The molecule has 1 aromatic heterocycles. The first-order chi connectivity index (χ1) is 19.2. The van der Waals surface area contributed by atoms with E-state index in [0.717, 1.165) is 34.7 Å². The standard InChI is InChI=1S/C30H35N9S/c1-6-38(7-2)29-35-27(25(40-29)21-11-9-8-10-12-21)36-37-28-34-23(17-31)24(18-32)39(28)19-20-13-15-22(16-14-20)26(33)30(3,4)5/h8-16,26,29,35H,6-7,19,33H2,1-5H3/b37-36+. The Morgan fingerprint density at radius 1 is 1.05 bits per heavy atom. The van der Waals surface area contributed by atoms with Gasteiger partial charge in [0.2, 0.25) is 0 Å². The Labute approximate surface area is 240 Å². The number of nitriles is 2. The monoisotopic (exact) mass is 553 g/mol. The SMILES string of the molecule is CCN(CC)C1NC(/N=N/c2nc(C#N)c(C#N)n2Cc2ccc(C(N)C(C)(C)C)cc2)=C(c2ccccc2)S1. The first-order valence-corrected chi connectivity index (χ1v) is 14.2. The molecule has 2 aromatic carbocycles. The Hall–Kier alpha value is -3.96. The van der Waals surface area contributed by atoms with Gasteiger partial charge in [-0.1, -0.05) is 101 Å². The van der Waals surface area contributed by atoms with Crippen molar-refractivity contribution in [3.63, 3.8) is 0 Å². The maximum atomic E-state index is 9.87. The normalized spacial score (nSPS) is 16.3. The van der Waals surface area contributed by atoms with Crippen molar-refractivity contribution in [1.82, 2.24) is 19.8 Å². The van der Waals surface area contributed by atoms with Crippen LogP contribution in [0.5, 0.6) is 0 Å². The van der Waals surface area contributed by atoms with E-state index in [0.29, 0.717) is 12.4 Å². The molecule has 0 aliphatic carbocycles. The molecule has 9 nitrogen and oxygen atoms in total. The molecule has 3 N–H and O–H groups in total. The third-order valence-electron chi connectivity index (χ3n) is 6.90. The van der Waals surface area contributed by atoms with Gasteiger partial charge in [0.25, 0.3) is 5.95 Å². The summed E-state index contributed by atoms with van der Waals surface area (Å²) in [6.07, 6.45) is 0. The Morgan fingerprint density at radius 3 is 2.30 bits per heavy atom. The molecule has 1 aliphatic heterocycles. The van der Waals surface area contributed by atoms with Crippen molar-refractivity contribution in [1.29, 1.82) is 10.5 Å². The molecular formula is C30H35N9S. The van der Waals surface area contributed by atoms with E-state index in [1.807, 2.05) is 60.7 Å². The van der Waals surface area contributed by atoms with E-state index in [9.17, 15) is 10.5 Å². The van der Waals surface area contributed by atoms with Gasteiger partial charge >= 0.3 is 0 Å². The number of hydrogen-bond donors (Lipinski definition) is 2. The van der Waals surface area contributed by atoms with Crippen molar-refractivity contribution in [2.24, 2.45) is 21.4 Å². The van der Waals surface area contributed by atoms with E-state index in [1.165, 1.54) is 0 Å². The molecule has 2 unspecified atom stereocenters. The average Bonchev–Trinajstić information content (AvgIpc) is 3.53. The molecule has 0 spiro atoms. The summed E-state index contributed by atoms with van der Waals surface area (Å²) < 4.78 is 1.63. The fraction of sp³-hybridized carbons (Fsp3) is 0.367. The summed E-state index contributed by atoms with van der Waals surface area (Å²) in [5.74, 6) is 0.821. The summed E-state index contributed by atoms with van der Waals surface area (Å²) in [5, 5.41) is 32.0. The minimum absolute atomic E-state index is 0.0150. The minimum atomic E-state index is -0.108. The van der Waals surface area contributed by atoms with Gasteiger partial charge in [-0.3, -0.25) is 9.47 Å². The van der Waals surface area contributed by atoms with Crippen molar-refractivity contribution < 1.29 is 0 Å². The van der Waals surface area contributed by atoms with Gasteiger partial charge in [0, 0.05) is 6.04 Å². The third-order valence-corrected chi connectivity index (χ3v) is 8.20. The number of imidazole rings is 1. The van der Waals surface area contributed by atoms with E-state index in [2.05, 4.69) is 66.1 Å². The van der Waals surface area contributed by atoms with Gasteiger partial charge in [-0.2, -0.15) is 15.5 Å². The lowest BCUT2D eigenvalue weighted by molar-refractivity contribution is 0.266. The number of azo groups is 1. The number of nitrogens with zero attached hydrogens (tertiary/aromatic N) is 7. The lowest BCUT2D eigenvalue weighted by atomic mass is 9.83. The van der Waals surface area contributed by atoms with Crippen molar-refractivity contribution >= 4 is 22.6 Å². The summed E-state index contributed by atoms with van der Waals surface area (Å²) in [6.45, 7) is 12.7. The van der Waals surface area contributed by atoms with Crippen LogP contribution in [0.15, 0.2) is 70.6 Å². The first kappa shape index (κ1) is 29.0. The predicted octanol–water partition coefficient (Wildman–Crippen LogP) is 6.09. The van der Waals surface area contributed by atoms with Gasteiger partial charge in [0.15, 0.2) is 17.2 Å². The summed E-state index contributed by atoms with van der Waals surface area (Å²) in [4.78, 5) is 7.63. The van der Waals surface area contributed by atoms with Gasteiger partial charge in [0.1, 0.15) is 17.6 Å². The van der Waals surface area contributed by atoms with Gasteiger partial charge in [0.05, 0.1) is 11.4 Å². The molecule has 3 aromatic rings. The molecule has 1 aliphatic rings. The highest BCUT2D eigenvalue weighted by Gasteiger charge is 2.29. The second-order valence-electron chi connectivity index (χ2n) is 10.6. The highest BCUT2D eigenvalue weighted by atomic mass is 32.2. The molecule has 0 fully saturated rings. The molecule has 0 saturated heterocycles.